The van der Waals surface area contributed by atoms with Crippen molar-refractivity contribution in [3.63, 3.8) is 0 Å². The predicted molar refractivity (Wildman–Crippen MR) is 77.9 cm³/mol. The summed E-state index contributed by atoms with van der Waals surface area (Å²) in [4.78, 5) is 24.5. The number of aliphatic carboxylic acids is 1. The number of urea groups is 1. The van der Waals surface area contributed by atoms with Crippen LogP contribution in [0.5, 0.6) is 0 Å². The minimum Gasteiger partial charge on any atom is -0.480 e. The van der Waals surface area contributed by atoms with E-state index in [0.717, 1.165) is 11.3 Å². The first kappa shape index (κ1) is 16.4. The van der Waals surface area contributed by atoms with Gasteiger partial charge in [-0.05, 0) is 31.4 Å². The van der Waals surface area contributed by atoms with E-state index in [9.17, 15) is 9.59 Å². The van der Waals surface area contributed by atoms with Crippen LogP contribution in [0.15, 0.2) is 16.7 Å². The van der Waals surface area contributed by atoms with E-state index in [1.807, 2.05) is 13.2 Å². The van der Waals surface area contributed by atoms with E-state index in [4.69, 9.17) is 9.52 Å². The van der Waals surface area contributed by atoms with E-state index in [1.54, 1.807) is 31.1 Å². The summed E-state index contributed by atoms with van der Waals surface area (Å²) in [5, 5.41) is 11.6. The lowest BCUT2D eigenvalue weighted by Crippen LogP contribution is -2.46. The van der Waals surface area contributed by atoms with Crippen LogP contribution in [0, 0.1) is 6.92 Å². The Hall–Kier alpha value is -1.63. The first-order chi connectivity index (χ1) is 9.45. The number of nitrogens with zero attached hydrogens (tertiary/aromatic N) is 1. The molecule has 0 unspecified atom stereocenters. The zero-order chi connectivity index (χ0) is 15.1. The first-order valence-electron chi connectivity index (χ1n) is 6.22. The number of carbonyl (C=O) groups excluding carboxylic acids is 1. The SMILES string of the molecule is CSCC[C@@H](NC(=O)N(C)Cc1ccoc1C)C(=O)O. The molecule has 0 aliphatic carbocycles. The smallest absolute Gasteiger partial charge is 0.326 e. The van der Waals surface area contributed by atoms with Gasteiger partial charge in [-0.25, -0.2) is 9.59 Å². The van der Waals surface area contributed by atoms with Crippen LogP contribution in [0.25, 0.3) is 0 Å². The van der Waals surface area contributed by atoms with E-state index in [-0.39, 0.29) is 0 Å². The summed E-state index contributed by atoms with van der Waals surface area (Å²) in [5.74, 6) is 0.420. The largest absolute Gasteiger partial charge is 0.480 e. The minimum absolute atomic E-state index is 0.378. The zero-order valence-electron chi connectivity index (χ0n) is 11.9. The highest BCUT2D eigenvalue weighted by atomic mass is 32.2. The molecule has 1 heterocycles. The molecule has 0 bridgehead atoms. The lowest BCUT2D eigenvalue weighted by atomic mass is 10.2. The van der Waals surface area contributed by atoms with Crippen LogP contribution in [0.3, 0.4) is 0 Å². The third kappa shape index (κ3) is 4.80. The number of thioether (sulfide) groups is 1. The van der Waals surface area contributed by atoms with Gasteiger partial charge in [-0.3, -0.25) is 0 Å². The molecule has 1 aromatic rings. The molecule has 112 valence electrons. The number of carboxylic acid groups (broad SMARTS) is 1. The second kappa shape index (κ2) is 7.84. The van der Waals surface area contributed by atoms with Crippen LogP contribution in [0.1, 0.15) is 17.7 Å². The van der Waals surface area contributed by atoms with Crippen molar-refractivity contribution >= 4 is 23.8 Å². The van der Waals surface area contributed by atoms with Gasteiger partial charge in [-0.2, -0.15) is 11.8 Å². The Kier molecular flexibility index (Phi) is 6.44. The van der Waals surface area contributed by atoms with Crippen molar-refractivity contribution in [3.05, 3.63) is 23.7 Å². The Morgan fingerprint density at radius 2 is 2.25 bits per heavy atom. The second-order valence-corrected chi connectivity index (χ2v) is 5.47. The number of carboxylic acids is 1. The van der Waals surface area contributed by atoms with Gasteiger partial charge in [0.1, 0.15) is 11.8 Å². The van der Waals surface area contributed by atoms with E-state index in [2.05, 4.69) is 5.32 Å². The maximum absolute atomic E-state index is 12.0. The average Bonchev–Trinajstić information content (AvgIpc) is 2.79. The van der Waals surface area contributed by atoms with E-state index in [1.165, 1.54) is 4.90 Å². The molecule has 2 N–H and O–H groups in total. The summed E-state index contributed by atoms with van der Waals surface area (Å²) in [5.41, 5.74) is 0.902. The van der Waals surface area contributed by atoms with Crippen molar-refractivity contribution in [2.24, 2.45) is 0 Å². The summed E-state index contributed by atoms with van der Waals surface area (Å²) in [6.45, 7) is 2.20. The van der Waals surface area contributed by atoms with Crippen LogP contribution in [-0.2, 0) is 11.3 Å². The van der Waals surface area contributed by atoms with Crippen molar-refractivity contribution in [3.8, 4) is 0 Å². The van der Waals surface area contributed by atoms with Crippen LogP contribution in [0.4, 0.5) is 4.79 Å². The van der Waals surface area contributed by atoms with Crippen LogP contribution in [-0.4, -0.2) is 47.1 Å². The Morgan fingerprint density at radius 3 is 2.75 bits per heavy atom. The number of amides is 2. The van der Waals surface area contributed by atoms with Crippen molar-refractivity contribution in [1.29, 1.82) is 0 Å². The molecule has 1 atom stereocenters. The minimum atomic E-state index is -1.01. The predicted octanol–water partition coefficient (Wildman–Crippen LogP) is 1.94. The number of hydrogen-bond donors (Lipinski definition) is 2. The monoisotopic (exact) mass is 300 g/mol. The quantitative estimate of drug-likeness (QED) is 0.804. The first-order valence-corrected chi connectivity index (χ1v) is 7.61. The Morgan fingerprint density at radius 1 is 1.55 bits per heavy atom. The molecule has 0 aliphatic rings. The van der Waals surface area contributed by atoms with Crippen molar-refractivity contribution < 1.29 is 19.1 Å². The summed E-state index contributed by atoms with van der Waals surface area (Å²) < 4.78 is 5.16. The van der Waals surface area contributed by atoms with Gasteiger partial charge in [0.15, 0.2) is 0 Å². The fourth-order valence-corrected chi connectivity index (χ4v) is 2.13. The van der Waals surface area contributed by atoms with Crippen LogP contribution >= 0.6 is 11.8 Å². The molecule has 0 spiro atoms. The van der Waals surface area contributed by atoms with Crippen LogP contribution in [0.2, 0.25) is 0 Å². The lowest BCUT2D eigenvalue weighted by Gasteiger charge is -2.21. The number of hydrogen-bond acceptors (Lipinski definition) is 4. The molecule has 0 saturated heterocycles. The molecular weight excluding hydrogens is 280 g/mol. The van der Waals surface area contributed by atoms with Crippen molar-refractivity contribution in [2.45, 2.75) is 25.9 Å². The third-order valence-electron chi connectivity index (χ3n) is 2.93. The van der Waals surface area contributed by atoms with E-state index >= 15 is 0 Å². The molecule has 20 heavy (non-hydrogen) atoms. The molecule has 0 aromatic carbocycles. The van der Waals surface area contributed by atoms with Crippen LogP contribution < -0.4 is 5.32 Å². The Labute approximate surface area is 122 Å². The van der Waals surface area contributed by atoms with Gasteiger partial charge in [0.25, 0.3) is 0 Å². The Bertz CT molecular complexity index is 461. The molecule has 0 saturated carbocycles. The summed E-state index contributed by atoms with van der Waals surface area (Å²) in [6, 6.07) is 0.531. The topological polar surface area (TPSA) is 82.8 Å². The summed E-state index contributed by atoms with van der Waals surface area (Å²) in [7, 11) is 1.62. The molecule has 1 rings (SSSR count). The maximum Gasteiger partial charge on any atom is 0.326 e. The highest BCUT2D eigenvalue weighted by Crippen LogP contribution is 2.11. The lowest BCUT2D eigenvalue weighted by molar-refractivity contribution is -0.139. The number of carbonyl (C=O) groups is 2. The number of nitrogens with one attached hydrogen (secondary N) is 1. The highest BCUT2D eigenvalue weighted by molar-refractivity contribution is 7.98. The van der Waals surface area contributed by atoms with Gasteiger partial charge >= 0.3 is 12.0 Å². The fourth-order valence-electron chi connectivity index (χ4n) is 1.65. The molecule has 7 heteroatoms. The normalized spacial score (nSPS) is 11.9. The molecule has 0 radical (unpaired) electrons. The number of rotatable bonds is 7. The molecule has 1 aromatic heterocycles. The van der Waals surface area contributed by atoms with Gasteiger partial charge in [-0.1, -0.05) is 0 Å². The van der Waals surface area contributed by atoms with Crippen molar-refractivity contribution in [1.82, 2.24) is 10.2 Å². The zero-order valence-corrected chi connectivity index (χ0v) is 12.7. The molecular formula is C13H20N2O4S. The maximum atomic E-state index is 12.0. The van der Waals surface area contributed by atoms with E-state index in [0.29, 0.717) is 18.7 Å². The van der Waals surface area contributed by atoms with Gasteiger partial charge in [0.05, 0.1) is 12.8 Å². The van der Waals surface area contributed by atoms with Crippen molar-refractivity contribution in [2.75, 3.05) is 19.1 Å². The number of aryl methyl sites for hydroxylation is 1. The number of furan rings is 1. The Balaban J connectivity index is 2.55. The standard InChI is InChI=1S/C13H20N2O4S/c1-9-10(4-6-19-9)8-15(2)13(18)14-11(12(16)17)5-7-20-3/h4,6,11H,5,7-8H2,1-3H3,(H,14,18)(H,16,17)/t11-/m1/s1. The van der Waals surface area contributed by atoms with Gasteiger partial charge in [0, 0.05) is 12.6 Å². The second-order valence-electron chi connectivity index (χ2n) is 4.48. The van der Waals surface area contributed by atoms with E-state index < -0.39 is 18.0 Å². The van der Waals surface area contributed by atoms with Gasteiger partial charge in [0.2, 0.25) is 0 Å². The molecule has 6 nitrogen and oxygen atoms in total. The fraction of sp³-hybridized carbons (Fsp3) is 0.538. The highest BCUT2D eigenvalue weighted by Gasteiger charge is 2.21. The third-order valence-corrected chi connectivity index (χ3v) is 3.57. The average molecular weight is 300 g/mol. The summed E-state index contributed by atoms with van der Waals surface area (Å²) in [6.07, 6.45) is 3.87. The summed E-state index contributed by atoms with van der Waals surface area (Å²) >= 11 is 1.55. The van der Waals surface area contributed by atoms with Gasteiger partial charge in [-0.15, -0.1) is 0 Å². The molecule has 0 aliphatic heterocycles. The molecule has 2 amide bonds. The molecule has 0 fully saturated rings. The van der Waals surface area contributed by atoms with Gasteiger partial charge < -0.3 is 19.7 Å².